The Balaban J connectivity index is -0.000000599. The van der Waals surface area contributed by atoms with Gasteiger partial charge in [0.2, 0.25) is 17.7 Å². The van der Waals surface area contributed by atoms with Gasteiger partial charge in [-0.05, 0) is 12.5 Å². The molecular weight excluding hydrogens is 452 g/mol. The lowest BCUT2D eigenvalue weighted by Crippen LogP contribution is -2.49. The molecule has 0 fully saturated rings. The molecule has 0 radical (unpaired) electrons. The highest BCUT2D eigenvalue weighted by Gasteiger charge is 2.20. The van der Waals surface area contributed by atoms with Gasteiger partial charge >= 0.3 is 22.3 Å². The summed E-state index contributed by atoms with van der Waals surface area (Å²) in [4.78, 5) is 53.2. The average molecular weight is 476 g/mol. The number of rotatable bonds is 10. The summed E-state index contributed by atoms with van der Waals surface area (Å²) in [6.07, 6.45) is 0.821. The Morgan fingerprint density at radius 2 is 1.57 bits per heavy atom. The van der Waals surface area contributed by atoms with Crippen LogP contribution in [-0.2, 0) is 34.4 Å². The number of nitrogens with one attached hydrogen (secondary N) is 2. The van der Waals surface area contributed by atoms with Crippen molar-refractivity contribution in [3.8, 4) is 0 Å². The van der Waals surface area contributed by atoms with Crippen LogP contribution >= 0.6 is 12.6 Å². The summed E-state index contributed by atoms with van der Waals surface area (Å²) in [5, 5.41) is 21.4. The summed E-state index contributed by atoms with van der Waals surface area (Å²) in [5.74, 6) is -4.19. The van der Waals surface area contributed by atoms with Gasteiger partial charge in [0.15, 0.2) is 0 Å². The van der Waals surface area contributed by atoms with Crippen LogP contribution in [0.25, 0.3) is 0 Å². The Morgan fingerprint density at radius 1 is 1.13 bits per heavy atom. The summed E-state index contributed by atoms with van der Waals surface area (Å²) in [5.41, 5.74) is 9.76. The second kappa shape index (κ2) is 17.2. The van der Waals surface area contributed by atoms with Gasteiger partial charge in [0.05, 0.1) is 0 Å². The zero-order chi connectivity index (χ0) is 24.5. The molecule has 2 unspecified atom stereocenters. The number of primary amides is 1. The molecule has 0 heterocycles. The van der Waals surface area contributed by atoms with Crippen molar-refractivity contribution in [3.05, 3.63) is 12.7 Å². The van der Waals surface area contributed by atoms with Gasteiger partial charge in [-0.15, -0.1) is 0 Å². The van der Waals surface area contributed by atoms with Crippen LogP contribution in [0.1, 0.15) is 12.8 Å². The average Bonchev–Trinajstić information content (AvgIpc) is 2.60. The quantitative estimate of drug-likeness (QED) is 0.0856. The van der Waals surface area contributed by atoms with Gasteiger partial charge in [-0.1, -0.05) is 6.58 Å². The number of carbonyl (C=O) groups is 5. The van der Waals surface area contributed by atoms with Crippen molar-refractivity contribution < 1.29 is 51.7 Å². The molecule has 0 aliphatic carbocycles. The van der Waals surface area contributed by atoms with Crippen molar-refractivity contribution in [1.29, 1.82) is 0 Å². The number of amides is 3. The highest BCUT2D eigenvalue weighted by Crippen LogP contribution is 1.97. The zero-order valence-corrected chi connectivity index (χ0v) is 17.1. The van der Waals surface area contributed by atoms with Gasteiger partial charge in [-0.25, -0.2) is 0 Å². The molecule has 0 aliphatic heterocycles. The maximum absolute atomic E-state index is 11.5. The zero-order valence-electron chi connectivity index (χ0n) is 15.4. The minimum atomic E-state index is -4.67. The maximum Gasteiger partial charge on any atom is 0.394 e. The molecule has 0 bridgehead atoms. The van der Waals surface area contributed by atoms with Gasteiger partial charge in [0, 0.05) is 12.2 Å². The molecule has 0 rings (SSSR count). The van der Waals surface area contributed by atoms with Crippen LogP contribution in [0.15, 0.2) is 12.7 Å². The number of carbonyl (C=O) groups excluding carboxylic acids is 3. The topological polar surface area (TPSA) is 277 Å². The van der Waals surface area contributed by atoms with E-state index in [9.17, 15) is 24.0 Å². The van der Waals surface area contributed by atoms with E-state index in [4.69, 9.17) is 33.5 Å². The predicted molar refractivity (Wildman–Crippen MR) is 105 cm³/mol. The molecule has 30 heavy (non-hydrogen) atoms. The Bertz CT molecular complexity index is 704. The van der Waals surface area contributed by atoms with E-state index in [1.165, 1.54) is 0 Å². The number of nitrogens with two attached hydrogens (primary N) is 2. The molecule has 15 nitrogen and oxygen atoms in total. The predicted octanol–water partition coefficient (Wildman–Crippen LogP) is -3.20. The molecule has 0 aromatic heterocycles. The molecule has 0 spiro atoms. The van der Waals surface area contributed by atoms with E-state index in [1.54, 1.807) is 0 Å². The molecule has 10 N–H and O–H groups in total. The molecular formula is C13H24N4O11S2. The standard InChI is InChI=1S/C10H17N3O6S.C3H5NO.H2O4S/c11-5(10(18)19)1-2-7(14)13-6(4-20)9(17)12-3-8(15)16;1-2-3(4)5;1-5(2,3)4/h5-6,20H,1-4,11H2,(H,12,17)(H,13,14)(H,15,16)(H,18,19);2H,1H2,(H2,4,5);(H2,1,2,3,4). The van der Waals surface area contributed by atoms with Crippen LogP contribution in [0.2, 0.25) is 0 Å². The smallest absolute Gasteiger partial charge is 0.394 e. The first-order chi connectivity index (χ1) is 13.5. The number of thiol groups is 1. The molecule has 0 aliphatic rings. The monoisotopic (exact) mass is 476 g/mol. The first kappa shape index (κ1) is 31.9. The molecule has 17 heteroatoms. The van der Waals surface area contributed by atoms with Crippen molar-refractivity contribution in [1.82, 2.24) is 10.6 Å². The fraction of sp³-hybridized carbons (Fsp3) is 0.462. The minimum Gasteiger partial charge on any atom is -0.480 e. The number of aliphatic carboxylic acids is 2. The summed E-state index contributed by atoms with van der Waals surface area (Å²) >= 11 is 3.87. The van der Waals surface area contributed by atoms with Gasteiger partial charge in [-0.2, -0.15) is 21.0 Å². The normalized spacial score (nSPS) is 11.7. The summed E-state index contributed by atoms with van der Waals surface area (Å²) in [6.45, 7) is 2.52. The third kappa shape index (κ3) is 27.5. The summed E-state index contributed by atoms with van der Waals surface area (Å²) in [7, 11) is -4.67. The molecule has 2 atom stereocenters. The van der Waals surface area contributed by atoms with Crippen molar-refractivity contribution >= 4 is 52.7 Å². The van der Waals surface area contributed by atoms with Gasteiger partial charge in [0.1, 0.15) is 18.6 Å². The molecule has 0 aromatic rings. The lowest BCUT2D eigenvalue weighted by atomic mass is 10.1. The van der Waals surface area contributed by atoms with Crippen LogP contribution < -0.4 is 22.1 Å². The summed E-state index contributed by atoms with van der Waals surface area (Å²) in [6, 6.07) is -2.15. The van der Waals surface area contributed by atoms with Crippen LogP contribution in [0.5, 0.6) is 0 Å². The fourth-order valence-corrected chi connectivity index (χ4v) is 1.41. The van der Waals surface area contributed by atoms with Crippen LogP contribution in [0.3, 0.4) is 0 Å². The number of hydrogen-bond acceptors (Lipinski definition) is 9. The first-order valence-electron chi connectivity index (χ1n) is 7.54. The third-order valence-corrected chi connectivity index (χ3v) is 2.81. The Morgan fingerprint density at radius 3 is 1.87 bits per heavy atom. The minimum absolute atomic E-state index is 0.0256. The Hall–Kier alpha value is -2.73. The van der Waals surface area contributed by atoms with Crippen molar-refractivity contribution in [2.24, 2.45) is 11.5 Å². The molecule has 174 valence electrons. The van der Waals surface area contributed by atoms with Gasteiger partial charge in [0.25, 0.3) is 0 Å². The van der Waals surface area contributed by atoms with E-state index in [-0.39, 0.29) is 18.6 Å². The van der Waals surface area contributed by atoms with Crippen LogP contribution in [0, 0.1) is 0 Å². The van der Waals surface area contributed by atoms with E-state index < -0.39 is 58.7 Å². The molecule has 0 aromatic carbocycles. The molecule has 0 saturated carbocycles. The largest absolute Gasteiger partial charge is 0.480 e. The summed E-state index contributed by atoms with van der Waals surface area (Å²) < 4.78 is 31.6. The fourth-order valence-electron chi connectivity index (χ4n) is 1.16. The lowest BCUT2D eigenvalue weighted by Gasteiger charge is -2.16. The van der Waals surface area contributed by atoms with E-state index in [0.29, 0.717) is 0 Å². The number of hydrogen-bond donors (Lipinski definition) is 9. The second-order valence-corrected chi connectivity index (χ2v) is 6.21. The van der Waals surface area contributed by atoms with Crippen LogP contribution in [0.4, 0.5) is 0 Å². The first-order valence-corrected chi connectivity index (χ1v) is 9.57. The van der Waals surface area contributed by atoms with Crippen molar-refractivity contribution in [3.63, 3.8) is 0 Å². The van der Waals surface area contributed by atoms with Gasteiger partial charge in [-0.3, -0.25) is 33.1 Å². The highest BCUT2D eigenvalue weighted by molar-refractivity contribution is 7.80. The highest BCUT2D eigenvalue weighted by atomic mass is 32.3. The molecule has 0 saturated heterocycles. The van der Waals surface area contributed by atoms with E-state index in [2.05, 4.69) is 35.6 Å². The molecule has 3 amide bonds. The van der Waals surface area contributed by atoms with Crippen molar-refractivity contribution in [2.75, 3.05) is 12.3 Å². The number of carboxylic acid groups (broad SMARTS) is 2. The Labute approximate surface area is 176 Å². The third-order valence-electron chi connectivity index (χ3n) is 2.45. The maximum atomic E-state index is 11.5. The number of carboxylic acids is 2. The van der Waals surface area contributed by atoms with Crippen LogP contribution in [-0.4, -0.2) is 81.8 Å². The van der Waals surface area contributed by atoms with E-state index in [1.807, 2.05) is 0 Å². The van der Waals surface area contributed by atoms with Gasteiger partial charge < -0.3 is 32.3 Å². The second-order valence-electron chi connectivity index (χ2n) is 4.95. The SMILES string of the molecule is C=CC(N)=O.NC(CCC(=O)NC(CS)C(=O)NCC(=O)O)C(=O)O.O=S(=O)(O)O. The Kier molecular flexibility index (Phi) is 18.3. The van der Waals surface area contributed by atoms with Crippen molar-refractivity contribution in [2.45, 2.75) is 24.9 Å². The van der Waals surface area contributed by atoms with E-state index >= 15 is 0 Å². The lowest BCUT2D eigenvalue weighted by molar-refractivity contribution is -0.139. The van der Waals surface area contributed by atoms with E-state index in [0.717, 1.165) is 6.08 Å².